The van der Waals surface area contributed by atoms with Gasteiger partial charge in [-0.05, 0) is 5.41 Å². The Morgan fingerprint density at radius 2 is 2.07 bits per heavy atom. The summed E-state index contributed by atoms with van der Waals surface area (Å²) in [5.74, 6) is 1.36. The van der Waals surface area contributed by atoms with Gasteiger partial charge in [0.25, 0.3) is 0 Å². The minimum atomic E-state index is 0.191. The Morgan fingerprint density at radius 1 is 1.33 bits per heavy atom. The molecule has 0 amide bonds. The van der Waals surface area contributed by atoms with Gasteiger partial charge in [-0.25, -0.2) is 15.0 Å². The highest BCUT2D eigenvalue weighted by atomic mass is 15.0. The summed E-state index contributed by atoms with van der Waals surface area (Å²) in [6, 6.07) is 0. The minimum absolute atomic E-state index is 0.191. The number of nitrogen functional groups attached to an aromatic ring is 1. The van der Waals surface area contributed by atoms with Crippen molar-refractivity contribution in [1.29, 1.82) is 0 Å². The van der Waals surface area contributed by atoms with Crippen molar-refractivity contribution >= 4 is 17.0 Å². The van der Waals surface area contributed by atoms with Gasteiger partial charge in [0.05, 0.1) is 0 Å². The first-order valence-corrected chi connectivity index (χ1v) is 4.91. The molecular formula is C10H15N5. The summed E-state index contributed by atoms with van der Waals surface area (Å²) < 4.78 is 0. The van der Waals surface area contributed by atoms with Crippen LogP contribution in [-0.2, 0) is 6.42 Å². The Hall–Kier alpha value is -1.65. The van der Waals surface area contributed by atoms with E-state index in [-0.39, 0.29) is 5.41 Å². The molecule has 0 aromatic carbocycles. The van der Waals surface area contributed by atoms with Crippen LogP contribution in [0, 0.1) is 5.41 Å². The highest BCUT2D eigenvalue weighted by molar-refractivity contribution is 5.80. The highest BCUT2D eigenvalue weighted by Crippen LogP contribution is 2.21. The largest absolute Gasteiger partial charge is 0.382 e. The normalized spacial score (nSPS) is 12.2. The lowest BCUT2D eigenvalue weighted by Crippen LogP contribution is -2.10. The molecule has 0 saturated carbocycles. The molecule has 0 aliphatic carbocycles. The van der Waals surface area contributed by atoms with E-state index in [2.05, 4.69) is 40.7 Å². The first kappa shape index (κ1) is 9.89. The quantitative estimate of drug-likeness (QED) is 0.739. The van der Waals surface area contributed by atoms with Crippen molar-refractivity contribution in [3.05, 3.63) is 12.2 Å². The second-order valence-corrected chi connectivity index (χ2v) is 4.88. The van der Waals surface area contributed by atoms with Crippen LogP contribution in [0.4, 0.5) is 5.82 Å². The summed E-state index contributed by atoms with van der Waals surface area (Å²) in [5, 5.41) is 0. The zero-order chi connectivity index (χ0) is 11.1. The Bertz CT molecular complexity index is 480. The van der Waals surface area contributed by atoms with E-state index < -0.39 is 0 Å². The fourth-order valence-corrected chi connectivity index (χ4v) is 1.48. The zero-order valence-corrected chi connectivity index (χ0v) is 9.20. The van der Waals surface area contributed by atoms with Crippen LogP contribution in [0.25, 0.3) is 11.2 Å². The van der Waals surface area contributed by atoms with Crippen molar-refractivity contribution in [2.45, 2.75) is 27.2 Å². The van der Waals surface area contributed by atoms with Crippen LogP contribution in [0.3, 0.4) is 0 Å². The molecule has 0 saturated heterocycles. The van der Waals surface area contributed by atoms with Gasteiger partial charge in [0.1, 0.15) is 17.7 Å². The molecule has 2 heterocycles. The second kappa shape index (κ2) is 3.18. The third kappa shape index (κ3) is 2.06. The Labute approximate surface area is 88.1 Å². The van der Waals surface area contributed by atoms with Crippen molar-refractivity contribution in [2.24, 2.45) is 5.41 Å². The number of hydrogen-bond acceptors (Lipinski definition) is 4. The summed E-state index contributed by atoms with van der Waals surface area (Å²) >= 11 is 0. The maximum absolute atomic E-state index is 5.71. The molecule has 0 spiro atoms. The summed E-state index contributed by atoms with van der Waals surface area (Å²) in [4.78, 5) is 15.5. The van der Waals surface area contributed by atoms with Gasteiger partial charge in [-0.3, -0.25) is 0 Å². The van der Waals surface area contributed by atoms with E-state index in [1.54, 1.807) is 0 Å². The molecule has 15 heavy (non-hydrogen) atoms. The molecule has 0 atom stereocenters. The fraction of sp³-hybridized carbons (Fsp3) is 0.500. The Balaban J connectivity index is 2.44. The summed E-state index contributed by atoms with van der Waals surface area (Å²) in [6.45, 7) is 6.49. The number of rotatable bonds is 1. The van der Waals surface area contributed by atoms with Crippen molar-refractivity contribution in [3.63, 3.8) is 0 Å². The van der Waals surface area contributed by atoms with Gasteiger partial charge >= 0.3 is 0 Å². The summed E-state index contributed by atoms with van der Waals surface area (Å²) in [6.07, 6.45) is 2.29. The number of aromatic amines is 1. The number of aromatic nitrogens is 4. The number of H-pyrrole nitrogens is 1. The first-order valence-electron chi connectivity index (χ1n) is 4.91. The van der Waals surface area contributed by atoms with Crippen LogP contribution >= 0.6 is 0 Å². The standard InChI is InChI=1S/C10H15N5/c1-10(2,3)4-6-14-7-8(11)12-5-13-9(7)15-6/h5H,4H2,1-3H3,(H3,11,12,13,14,15). The van der Waals surface area contributed by atoms with Crippen molar-refractivity contribution in [1.82, 2.24) is 19.9 Å². The molecule has 0 aliphatic rings. The first-order chi connectivity index (χ1) is 6.96. The molecule has 2 aromatic rings. The van der Waals surface area contributed by atoms with E-state index in [1.807, 2.05) is 0 Å². The number of anilines is 1. The van der Waals surface area contributed by atoms with Gasteiger partial charge in [0.15, 0.2) is 11.5 Å². The summed E-state index contributed by atoms with van der Waals surface area (Å²) in [7, 11) is 0. The van der Waals surface area contributed by atoms with E-state index in [1.165, 1.54) is 6.33 Å². The molecule has 0 bridgehead atoms. The number of nitrogens with two attached hydrogens (primary N) is 1. The molecule has 2 aromatic heterocycles. The summed E-state index contributed by atoms with van der Waals surface area (Å²) in [5.41, 5.74) is 7.28. The van der Waals surface area contributed by atoms with E-state index in [4.69, 9.17) is 5.73 Å². The third-order valence-electron chi connectivity index (χ3n) is 2.06. The van der Waals surface area contributed by atoms with Crippen LogP contribution in [0.2, 0.25) is 0 Å². The predicted octanol–water partition coefficient (Wildman–Crippen LogP) is 1.52. The lowest BCUT2D eigenvalue weighted by Gasteiger charge is -2.15. The van der Waals surface area contributed by atoms with Gasteiger partial charge in [-0.2, -0.15) is 0 Å². The maximum Gasteiger partial charge on any atom is 0.183 e. The maximum atomic E-state index is 5.71. The molecule has 80 valence electrons. The average Bonchev–Trinajstić information content (AvgIpc) is 2.45. The van der Waals surface area contributed by atoms with Crippen molar-refractivity contribution < 1.29 is 0 Å². The molecular weight excluding hydrogens is 190 g/mol. The zero-order valence-electron chi connectivity index (χ0n) is 9.20. The van der Waals surface area contributed by atoms with Gasteiger partial charge < -0.3 is 10.7 Å². The SMILES string of the molecule is CC(C)(C)Cc1nc2ncnc(N)c2[nH]1. The molecule has 2 rings (SSSR count). The third-order valence-corrected chi connectivity index (χ3v) is 2.06. The van der Waals surface area contributed by atoms with Crippen molar-refractivity contribution in [3.8, 4) is 0 Å². The van der Waals surface area contributed by atoms with Gasteiger partial charge in [0, 0.05) is 6.42 Å². The van der Waals surface area contributed by atoms with Crippen LogP contribution in [0.15, 0.2) is 6.33 Å². The molecule has 5 heteroatoms. The van der Waals surface area contributed by atoms with Crippen LogP contribution in [0.1, 0.15) is 26.6 Å². The van der Waals surface area contributed by atoms with E-state index in [0.717, 1.165) is 17.8 Å². The van der Waals surface area contributed by atoms with Crippen LogP contribution in [-0.4, -0.2) is 19.9 Å². The molecule has 0 unspecified atom stereocenters. The second-order valence-electron chi connectivity index (χ2n) is 4.88. The Morgan fingerprint density at radius 3 is 2.67 bits per heavy atom. The lowest BCUT2D eigenvalue weighted by atomic mass is 9.92. The van der Waals surface area contributed by atoms with Gasteiger partial charge in [0.2, 0.25) is 0 Å². The van der Waals surface area contributed by atoms with Crippen LogP contribution < -0.4 is 5.73 Å². The molecule has 0 fully saturated rings. The van der Waals surface area contributed by atoms with Crippen molar-refractivity contribution in [2.75, 3.05) is 5.73 Å². The van der Waals surface area contributed by atoms with Gasteiger partial charge in [-0.15, -0.1) is 0 Å². The monoisotopic (exact) mass is 205 g/mol. The topological polar surface area (TPSA) is 80.5 Å². The molecule has 0 radical (unpaired) electrons. The Kier molecular flexibility index (Phi) is 2.10. The fourth-order valence-electron chi connectivity index (χ4n) is 1.48. The smallest absolute Gasteiger partial charge is 0.183 e. The number of nitrogens with one attached hydrogen (secondary N) is 1. The predicted molar refractivity (Wildman–Crippen MR) is 59.3 cm³/mol. The van der Waals surface area contributed by atoms with E-state index >= 15 is 0 Å². The molecule has 3 N–H and O–H groups in total. The number of fused-ring (bicyclic) bond motifs is 1. The van der Waals surface area contributed by atoms with E-state index in [9.17, 15) is 0 Å². The van der Waals surface area contributed by atoms with Gasteiger partial charge in [-0.1, -0.05) is 20.8 Å². The highest BCUT2D eigenvalue weighted by Gasteiger charge is 2.15. The lowest BCUT2D eigenvalue weighted by molar-refractivity contribution is 0.402. The van der Waals surface area contributed by atoms with Crippen LogP contribution in [0.5, 0.6) is 0 Å². The number of hydrogen-bond donors (Lipinski definition) is 2. The molecule has 5 nitrogen and oxygen atoms in total. The minimum Gasteiger partial charge on any atom is -0.382 e. The number of imidazole rings is 1. The molecule has 0 aliphatic heterocycles. The average molecular weight is 205 g/mol. The van der Waals surface area contributed by atoms with E-state index in [0.29, 0.717) is 11.5 Å². The number of nitrogens with zero attached hydrogens (tertiary/aromatic N) is 3.